The van der Waals surface area contributed by atoms with E-state index in [2.05, 4.69) is 74.3 Å². The van der Waals surface area contributed by atoms with Crippen LogP contribution in [0.5, 0.6) is 0 Å². The average Bonchev–Trinajstić information content (AvgIpc) is 2.45. The van der Waals surface area contributed by atoms with E-state index in [1.54, 1.807) is 0 Å². The van der Waals surface area contributed by atoms with E-state index in [0.717, 1.165) is 19.4 Å². The first-order valence-corrected chi connectivity index (χ1v) is 7.66. The van der Waals surface area contributed by atoms with Crippen molar-refractivity contribution in [3.05, 3.63) is 65.2 Å². The van der Waals surface area contributed by atoms with Gasteiger partial charge in [-0.05, 0) is 49.4 Å². The first kappa shape index (κ1) is 15.6. The fourth-order valence-corrected chi connectivity index (χ4v) is 2.71. The molecule has 0 aliphatic rings. The summed E-state index contributed by atoms with van der Waals surface area (Å²) < 4.78 is 0. The lowest BCUT2D eigenvalue weighted by Crippen LogP contribution is -2.21. The van der Waals surface area contributed by atoms with Crippen molar-refractivity contribution < 1.29 is 0 Å². The number of hydrogen-bond donors (Lipinski definition) is 1. The molecule has 2 rings (SSSR count). The highest BCUT2D eigenvalue weighted by Crippen LogP contribution is 2.21. The summed E-state index contributed by atoms with van der Waals surface area (Å²) in [5.41, 5.74) is 11.2. The van der Waals surface area contributed by atoms with Crippen LogP contribution in [0.2, 0.25) is 0 Å². The van der Waals surface area contributed by atoms with Crippen molar-refractivity contribution in [3.8, 4) is 0 Å². The van der Waals surface area contributed by atoms with Gasteiger partial charge < -0.3 is 10.6 Å². The van der Waals surface area contributed by atoms with Gasteiger partial charge in [0, 0.05) is 25.3 Å². The molecule has 0 aliphatic carbocycles. The quantitative estimate of drug-likeness (QED) is 0.877. The zero-order valence-electron chi connectivity index (χ0n) is 13.3. The Balaban J connectivity index is 2.00. The zero-order chi connectivity index (χ0) is 15.2. The third-order valence-electron chi connectivity index (χ3n) is 3.81. The molecule has 0 amide bonds. The third kappa shape index (κ3) is 4.61. The Morgan fingerprint density at radius 1 is 1.05 bits per heavy atom. The van der Waals surface area contributed by atoms with Crippen LogP contribution in [0.1, 0.15) is 23.6 Å². The smallest absolute Gasteiger partial charge is 0.0393 e. The molecule has 0 saturated carbocycles. The van der Waals surface area contributed by atoms with E-state index in [1.807, 2.05) is 0 Å². The van der Waals surface area contributed by atoms with E-state index in [4.69, 9.17) is 5.73 Å². The van der Waals surface area contributed by atoms with Crippen LogP contribution in [-0.4, -0.2) is 19.6 Å². The van der Waals surface area contributed by atoms with Gasteiger partial charge in [-0.15, -0.1) is 0 Å². The molecule has 0 saturated heterocycles. The number of benzene rings is 2. The van der Waals surface area contributed by atoms with E-state index < -0.39 is 0 Å². The largest absolute Gasteiger partial charge is 0.374 e. The first-order chi connectivity index (χ1) is 10.1. The van der Waals surface area contributed by atoms with E-state index in [9.17, 15) is 0 Å². The Bertz CT molecular complexity index is 561. The van der Waals surface area contributed by atoms with Crippen LogP contribution in [0, 0.1) is 6.92 Å². The fourth-order valence-electron chi connectivity index (χ4n) is 2.71. The number of nitrogens with two attached hydrogens (primary N) is 1. The number of anilines is 1. The van der Waals surface area contributed by atoms with Gasteiger partial charge in [-0.1, -0.05) is 42.5 Å². The summed E-state index contributed by atoms with van der Waals surface area (Å²) in [5, 5.41) is 0. The normalized spacial score (nSPS) is 12.2. The molecule has 2 N–H and O–H groups in total. The molecule has 21 heavy (non-hydrogen) atoms. The maximum absolute atomic E-state index is 5.87. The molecule has 0 heterocycles. The van der Waals surface area contributed by atoms with E-state index in [0.29, 0.717) is 0 Å². The summed E-state index contributed by atoms with van der Waals surface area (Å²) >= 11 is 0. The molecule has 0 spiro atoms. The molecular formula is C19H26N2. The number of hydrogen-bond acceptors (Lipinski definition) is 2. The summed E-state index contributed by atoms with van der Waals surface area (Å²) in [7, 11) is 2.16. The van der Waals surface area contributed by atoms with Gasteiger partial charge in [0.1, 0.15) is 0 Å². The van der Waals surface area contributed by atoms with Gasteiger partial charge >= 0.3 is 0 Å². The number of aryl methyl sites for hydroxylation is 1. The van der Waals surface area contributed by atoms with Crippen molar-refractivity contribution in [3.63, 3.8) is 0 Å². The lowest BCUT2D eigenvalue weighted by molar-refractivity contribution is 0.737. The summed E-state index contributed by atoms with van der Waals surface area (Å²) in [6.45, 7) is 5.26. The monoisotopic (exact) mass is 282 g/mol. The number of nitrogens with zero attached hydrogens (tertiary/aromatic N) is 1. The second-order valence-electron chi connectivity index (χ2n) is 5.96. The molecular weight excluding hydrogens is 256 g/mol. The molecule has 0 aliphatic heterocycles. The van der Waals surface area contributed by atoms with Crippen molar-refractivity contribution in [2.75, 3.05) is 18.5 Å². The molecule has 1 unspecified atom stereocenters. The van der Waals surface area contributed by atoms with Crippen LogP contribution >= 0.6 is 0 Å². The van der Waals surface area contributed by atoms with E-state index >= 15 is 0 Å². The Kier molecular flexibility index (Phi) is 5.40. The van der Waals surface area contributed by atoms with Crippen LogP contribution in [-0.2, 0) is 12.8 Å². The summed E-state index contributed by atoms with van der Waals surface area (Å²) in [4.78, 5) is 2.33. The molecule has 2 heteroatoms. The number of rotatable bonds is 6. The van der Waals surface area contributed by atoms with Crippen molar-refractivity contribution >= 4 is 5.69 Å². The minimum Gasteiger partial charge on any atom is -0.374 e. The van der Waals surface area contributed by atoms with Gasteiger partial charge in [-0.2, -0.15) is 0 Å². The van der Waals surface area contributed by atoms with Crippen LogP contribution in [0.15, 0.2) is 48.5 Å². The molecule has 112 valence electrons. The standard InChI is InChI=1S/C19H26N2/c1-15-13-18(14-16(2)20)9-10-19(15)21(3)12-11-17-7-5-4-6-8-17/h4-10,13,16H,11-12,14,20H2,1-3H3. The molecule has 0 radical (unpaired) electrons. The van der Waals surface area contributed by atoms with Gasteiger partial charge in [0.25, 0.3) is 0 Å². The highest BCUT2D eigenvalue weighted by molar-refractivity contribution is 5.54. The van der Waals surface area contributed by atoms with Gasteiger partial charge in [0.05, 0.1) is 0 Å². The Labute approximate surface area is 128 Å². The predicted octanol–water partition coefficient (Wildman–Crippen LogP) is 3.56. The highest BCUT2D eigenvalue weighted by atomic mass is 15.1. The van der Waals surface area contributed by atoms with Crippen molar-refractivity contribution in [2.45, 2.75) is 32.7 Å². The zero-order valence-corrected chi connectivity index (χ0v) is 13.3. The van der Waals surface area contributed by atoms with Crippen LogP contribution in [0.25, 0.3) is 0 Å². The molecule has 0 fully saturated rings. The van der Waals surface area contributed by atoms with Gasteiger partial charge in [-0.25, -0.2) is 0 Å². The van der Waals surface area contributed by atoms with E-state index in [1.165, 1.54) is 22.4 Å². The molecule has 2 aromatic carbocycles. The minimum absolute atomic E-state index is 0.214. The molecule has 0 aromatic heterocycles. The fraction of sp³-hybridized carbons (Fsp3) is 0.368. The molecule has 2 nitrogen and oxygen atoms in total. The molecule has 1 atom stereocenters. The van der Waals surface area contributed by atoms with Gasteiger partial charge in [-0.3, -0.25) is 0 Å². The van der Waals surface area contributed by atoms with Crippen molar-refractivity contribution in [1.29, 1.82) is 0 Å². The maximum atomic E-state index is 5.87. The summed E-state index contributed by atoms with van der Waals surface area (Å²) in [6.07, 6.45) is 2.01. The Hall–Kier alpha value is -1.80. The summed E-state index contributed by atoms with van der Waals surface area (Å²) in [5.74, 6) is 0. The SMILES string of the molecule is Cc1cc(CC(C)N)ccc1N(C)CCc1ccccc1. The van der Waals surface area contributed by atoms with Crippen LogP contribution in [0.4, 0.5) is 5.69 Å². The lowest BCUT2D eigenvalue weighted by atomic mass is 10.0. The molecule has 0 bridgehead atoms. The second kappa shape index (κ2) is 7.28. The van der Waals surface area contributed by atoms with Crippen molar-refractivity contribution in [1.82, 2.24) is 0 Å². The minimum atomic E-state index is 0.214. The Morgan fingerprint density at radius 3 is 2.38 bits per heavy atom. The first-order valence-electron chi connectivity index (χ1n) is 7.66. The highest BCUT2D eigenvalue weighted by Gasteiger charge is 2.07. The predicted molar refractivity (Wildman–Crippen MR) is 91.9 cm³/mol. The topological polar surface area (TPSA) is 29.3 Å². The Morgan fingerprint density at radius 2 is 1.76 bits per heavy atom. The lowest BCUT2D eigenvalue weighted by Gasteiger charge is -2.22. The third-order valence-corrected chi connectivity index (χ3v) is 3.81. The second-order valence-corrected chi connectivity index (χ2v) is 5.96. The van der Waals surface area contributed by atoms with Crippen LogP contribution < -0.4 is 10.6 Å². The van der Waals surface area contributed by atoms with Gasteiger partial charge in [0.15, 0.2) is 0 Å². The van der Waals surface area contributed by atoms with Crippen LogP contribution in [0.3, 0.4) is 0 Å². The summed E-state index contributed by atoms with van der Waals surface area (Å²) in [6, 6.07) is 17.5. The van der Waals surface area contributed by atoms with E-state index in [-0.39, 0.29) is 6.04 Å². The van der Waals surface area contributed by atoms with Crippen molar-refractivity contribution in [2.24, 2.45) is 5.73 Å². The number of likely N-dealkylation sites (N-methyl/N-ethyl adjacent to an activating group) is 1. The van der Waals surface area contributed by atoms with Gasteiger partial charge in [0.2, 0.25) is 0 Å². The average molecular weight is 282 g/mol. The molecule has 2 aromatic rings. The maximum Gasteiger partial charge on any atom is 0.0393 e.